The fourth-order valence-corrected chi connectivity index (χ4v) is 7.31. The van der Waals surface area contributed by atoms with Gasteiger partial charge in [-0.15, -0.1) is 0 Å². The van der Waals surface area contributed by atoms with Gasteiger partial charge in [0, 0.05) is 74.3 Å². The molecule has 0 aromatic carbocycles. The van der Waals surface area contributed by atoms with Crippen molar-refractivity contribution in [3.05, 3.63) is 99.3 Å². The van der Waals surface area contributed by atoms with Crippen LogP contribution in [0.25, 0.3) is 22.5 Å². The van der Waals surface area contributed by atoms with Gasteiger partial charge in [0.15, 0.2) is 0 Å². The number of fused-ring (bicyclic) bond motifs is 1. The Balaban J connectivity index is 1.15. The van der Waals surface area contributed by atoms with E-state index in [0.717, 1.165) is 63.2 Å². The zero-order valence-corrected chi connectivity index (χ0v) is 29.2. The molecule has 2 fully saturated rings. The zero-order chi connectivity index (χ0) is 34.9. The lowest BCUT2D eigenvalue weighted by atomic mass is 10.0. The molecule has 2 aliphatic heterocycles. The summed E-state index contributed by atoms with van der Waals surface area (Å²) in [5.74, 6) is 0.894. The van der Waals surface area contributed by atoms with Crippen LogP contribution < -0.4 is 21.3 Å². The molecule has 0 unspecified atom stereocenters. The second-order valence-electron chi connectivity index (χ2n) is 13.7. The van der Waals surface area contributed by atoms with Crippen LogP contribution in [0.3, 0.4) is 0 Å². The highest BCUT2D eigenvalue weighted by molar-refractivity contribution is 5.73. The van der Waals surface area contributed by atoms with Crippen LogP contribution >= 0.6 is 0 Å². The standard InChI is InChI=1S/C38H46N8O4/c1-5-6-7-8-27-15-34-38(49)44(14-13-43(34)20-27)36-32(22-47)31(11-12-39-36)28-16-33(37(48)42(4)21-28)41-35-10-9-29(17-40-35)45-18-26(3)46(19-25(45)2)30-23-50-24-30/h9-17,20-21,25-26,30,47H,5-8,18-19,22-24H2,1-4H3,(H,40,41)/t25-,26+/m0/s1. The summed E-state index contributed by atoms with van der Waals surface area (Å²) in [6.45, 7) is 9.83. The van der Waals surface area contributed by atoms with Gasteiger partial charge in [0.05, 0.1) is 37.7 Å². The predicted octanol–water partition coefficient (Wildman–Crippen LogP) is 4.51. The number of rotatable bonds is 11. The summed E-state index contributed by atoms with van der Waals surface area (Å²) in [5.41, 5.74) is 4.45. The molecule has 7 rings (SSSR count). The number of unbranched alkanes of at least 4 members (excludes halogenated alkanes) is 2. The summed E-state index contributed by atoms with van der Waals surface area (Å²) in [4.78, 5) is 41.2. The normalized spacial score (nSPS) is 18.5. The molecule has 2 aliphatic rings. The average molecular weight is 679 g/mol. The van der Waals surface area contributed by atoms with Crippen LogP contribution in [-0.2, 0) is 24.8 Å². The molecular weight excluding hydrogens is 632 g/mol. The van der Waals surface area contributed by atoms with E-state index < -0.39 is 0 Å². The number of nitrogens with one attached hydrogen (secondary N) is 1. The maximum Gasteiger partial charge on any atom is 0.280 e. The minimum atomic E-state index is -0.353. The molecule has 12 heteroatoms. The van der Waals surface area contributed by atoms with E-state index in [1.807, 2.05) is 41.2 Å². The molecule has 7 heterocycles. The van der Waals surface area contributed by atoms with Crippen LogP contribution in [-0.4, -0.2) is 77.9 Å². The number of aryl methyl sites for hydroxylation is 2. The highest BCUT2D eigenvalue weighted by Gasteiger charge is 2.36. The Labute approximate surface area is 291 Å². The van der Waals surface area contributed by atoms with Gasteiger partial charge < -0.3 is 29.0 Å². The second kappa shape index (κ2) is 14.2. The van der Waals surface area contributed by atoms with Crippen molar-refractivity contribution in [1.29, 1.82) is 0 Å². The lowest BCUT2D eigenvalue weighted by Crippen LogP contribution is -2.63. The van der Waals surface area contributed by atoms with E-state index in [9.17, 15) is 14.7 Å². The lowest BCUT2D eigenvalue weighted by Gasteiger charge is -2.50. The Morgan fingerprint density at radius 3 is 2.54 bits per heavy atom. The Morgan fingerprint density at radius 1 is 0.980 bits per heavy atom. The molecule has 0 radical (unpaired) electrons. The van der Waals surface area contributed by atoms with Gasteiger partial charge in [-0.05, 0) is 68.1 Å². The van der Waals surface area contributed by atoms with Crippen molar-refractivity contribution >= 4 is 22.7 Å². The number of ether oxygens (including phenoxy) is 1. The SMILES string of the molecule is CCCCCc1cc2c(=O)n(-c3nccc(-c4cc(Nc5ccc(N6C[C@@H](C)N(C7COC7)C[C@@H]6C)cn5)c(=O)n(C)c4)c3CO)ccn2c1. The smallest absolute Gasteiger partial charge is 0.280 e. The summed E-state index contributed by atoms with van der Waals surface area (Å²) in [6, 6.07) is 10.7. The largest absolute Gasteiger partial charge is 0.392 e. The zero-order valence-electron chi connectivity index (χ0n) is 29.2. The van der Waals surface area contributed by atoms with Crippen LogP contribution in [0.2, 0.25) is 0 Å². The van der Waals surface area contributed by atoms with E-state index in [1.54, 1.807) is 37.8 Å². The van der Waals surface area contributed by atoms with Gasteiger partial charge in [0.1, 0.15) is 22.8 Å². The van der Waals surface area contributed by atoms with Crippen LogP contribution in [0.15, 0.2) is 77.1 Å². The van der Waals surface area contributed by atoms with Crippen molar-refractivity contribution < 1.29 is 9.84 Å². The molecule has 2 saturated heterocycles. The van der Waals surface area contributed by atoms with Crippen molar-refractivity contribution in [3.63, 3.8) is 0 Å². The molecule has 0 aliphatic carbocycles. The van der Waals surface area contributed by atoms with E-state index in [2.05, 4.69) is 45.9 Å². The number of hydrogen-bond acceptors (Lipinski definition) is 9. The number of nitrogens with zero attached hydrogens (tertiary/aromatic N) is 7. The molecule has 2 N–H and O–H groups in total. The second-order valence-corrected chi connectivity index (χ2v) is 13.7. The molecule has 2 atom stereocenters. The molecule has 0 spiro atoms. The maximum atomic E-state index is 13.7. The average Bonchev–Trinajstić information content (AvgIpc) is 3.52. The van der Waals surface area contributed by atoms with E-state index in [0.29, 0.717) is 57.7 Å². The molecule has 12 nitrogen and oxygen atoms in total. The summed E-state index contributed by atoms with van der Waals surface area (Å²) in [7, 11) is 1.69. The minimum absolute atomic E-state index is 0.218. The highest BCUT2D eigenvalue weighted by atomic mass is 16.5. The third-order valence-corrected chi connectivity index (χ3v) is 10.2. The van der Waals surface area contributed by atoms with Gasteiger partial charge >= 0.3 is 0 Å². The summed E-state index contributed by atoms with van der Waals surface area (Å²) < 4.78 is 10.3. The number of hydrogen-bond donors (Lipinski definition) is 2. The van der Waals surface area contributed by atoms with Gasteiger partial charge in [-0.25, -0.2) is 9.97 Å². The number of pyridine rings is 3. The Morgan fingerprint density at radius 2 is 1.82 bits per heavy atom. The van der Waals surface area contributed by atoms with Gasteiger partial charge in [0.2, 0.25) is 0 Å². The number of aliphatic hydroxyl groups excluding tert-OH is 1. The molecule has 5 aromatic rings. The summed E-state index contributed by atoms with van der Waals surface area (Å²) >= 11 is 0. The van der Waals surface area contributed by atoms with Crippen LogP contribution in [0.1, 0.15) is 51.2 Å². The van der Waals surface area contributed by atoms with Gasteiger partial charge in [-0.2, -0.15) is 0 Å². The van der Waals surface area contributed by atoms with E-state index >= 15 is 0 Å². The molecule has 5 aromatic heterocycles. The van der Waals surface area contributed by atoms with E-state index in [1.165, 1.54) is 9.13 Å². The van der Waals surface area contributed by atoms with Crippen molar-refractivity contribution in [1.82, 2.24) is 28.4 Å². The number of aromatic nitrogens is 5. The van der Waals surface area contributed by atoms with Crippen molar-refractivity contribution in [2.24, 2.45) is 7.05 Å². The van der Waals surface area contributed by atoms with Crippen LogP contribution in [0.5, 0.6) is 0 Å². The van der Waals surface area contributed by atoms with Crippen molar-refractivity contribution in [2.45, 2.75) is 71.2 Å². The third kappa shape index (κ3) is 6.46. The van der Waals surface area contributed by atoms with Gasteiger partial charge in [-0.1, -0.05) is 19.8 Å². The Hall–Kier alpha value is -4.78. The highest BCUT2D eigenvalue weighted by Crippen LogP contribution is 2.30. The summed E-state index contributed by atoms with van der Waals surface area (Å²) in [6.07, 6.45) is 15.0. The fraction of sp³-hybridized carbons (Fsp3) is 0.421. The number of anilines is 3. The number of aliphatic hydroxyl groups is 1. The predicted molar refractivity (Wildman–Crippen MR) is 196 cm³/mol. The summed E-state index contributed by atoms with van der Waals surface area (Å²) in [5, 5.41) is 13.9. The Kier molecular flexibility index (Phi) is 9.58. The topological polar surface area (TPSA) is 122 Å². The molecule has 0 saturated carbocycles. The van der Waals surface area contributed by atoms with Crippen molar-refractivity contribution in [2.75, 3.05) is 36.5 Å². The third-order valence-electron chi connectivity index (χ3n) is 10.2. The maximum absolute atomic E-state index is 13.7. The molecule has 0 amide bonds. The number of piperazine rings is 1. The lowest BCUT2D eigenvalue weighted by molar-refractivity contribution is -0.0828. The first kappa shape index (κ1) is 33.7. The van der Waals surface area contributed by atoms with E-state index in [4.69, 9.17) is 4.74 Å². The molecular formula is C38H46N8O4. The monoisotopic (exact) mass is 678 g/mol. The molecule has 262 valence electrons. The van der Waals surface area contributed by atoms with Crippen LogP contribution in [0, 0.1) is 0 Å². The van der Waals surface area contributed by atoms with Crippen molar-refractivity contribution in [3.8, 4) is 16.9 Å². The van der Waals surface area contributed by atoms with Crippen LogP contribution in [0.4, 0.5) is 17.2 Å². The first-order chi connectivity index (χ1) is 24.2. The molecule has 0 bridgehead atoms. The first-order valence-electron chi connectivity index (χ1n) is 17.6. The van der Waals surface area contributed by atoms with E-state index in [-0.39, 0.29) is 17.7 Å². The molecule has 50 heavy (non-hydrogen) atoms. The van der Waals surface area contributed by atoms with Gasteiger partial charge in [0.25, 0.3) is 11.1 Å². The Bertz CT molecular complexity index is 2100. The first-order valence-corrected chi connectivity index (χ1v) is 17.6. The quantitative estimate of drug-likeness (QED) is 0.194. The minimum Gasteiger partial charge on any atom is -0.392 e. The fourth-order valence-electron chi connectivity index (χ4n) is 7.31. The van der Waals surface area contributed by atoms with Gasteiger partial charge in [-0.3, -0.25) is 19.1 Å².